The van der Waals surface area contributed by atoms with Gasteiger partial charge in [0.1, 0.15) is 0 Å². The van der Waals surface area contributed by atoms with Gasteiger partial charge in [-0.15, -0.1) is 0 Å². The van der Waals surface area contributed by atoms with E-state index in [0.29, 0.717) is 0 Å². The Morgan fingerprint density at radius 1 is 1.21 bits per heavy atom. The fourth-order valence-electron chi connectivity index (χ4n) is 2.33. The molecule has 1 amide bonds. The molecule has 0 aromatic rings. The molecule has 0 aromatic carbocycles. The fraction of sp³-hybridized carbons (Fsp3) is 0.900. The Labute approximate surface area is 85.2 Å². The van der Waals surface area contributed by atoms with E-state index in [9.17, 15) is 4.79 Å². The summed E-state index contributed by atoms with van der Waals surface area (Å²) in [5.41, 5.74) is 0. The topological polar surface area (TPSA) is 35.6 Å². The Morgan fingerprint density at radius 3 is 2.36 bits per heavy atom. The molecule has 0 bridgehead atoms. The van der Waals surface area contributed by atoms with Gasteiger partial charge in [0.05, 0.1) is 0 Å². The van der Waals surface area contributed by atoms with E-state index in [4.69, 9.17) is 0 Å². The molecule has 1 aliphatic heterocycles. The minimum atomic E-state index is 0.726. The van der Waals surface area contributed by atoms with Crippen LogP contribution in [0.3, 0.4) is 0 Å². The Balaban J connectivity index is 1.72. The number of amides is 1. The van der Waals surface area contributed by atoms with Crippen LogP contribution in [-0.2, 0) is 4.79 Å². The molecule has 2 aliphatic rings. The number of nitrogens with one attached hydrogen (secondary N) is 1. The molecule has 0 spiro atoms. The van der Waals surface area contributed by atoms with Gasteiger partial charge in [-0.25, -0.2) is 0 Å². The van der Waals surface area contributed by atoms with Crippen LogP contribution in [0.1, 0.15) is 12.8 Å². The van der Waals surface area contributed by atoms with Gasteiger partial charge in [-0.1, -0.05) is 0 Å². The van der Waals surface area contributed by atoms with Crippen molar-refractivity contribution >= 4 is 6.41 Å². The molecule has 0 atom stereocenters. The lowest BCUT2D eigenvalue weighted by Gasteiger charge is -2.45. The highest BCUT2D eigenvalue weighted by Gasteiger charge is 2.33. The molecule has 2 fully saturated rings. The van der Waals surface area contributed by atoms with Gasteiger partial charge in [-0.3, -0.25) is 9.69 Å². The smallest absolute Gasteiger partial charge is 0.209 e. The van der Waals surface area contributed by atoms with Crippen molar-refractivity contribution in [2.75, 3.05) is 33.2 Å². The Bertz CT molecular complexity index is 196. The van der Waals surface area contributed by atoms with Crippen LogP contribution >= 0.6 is 0 Å². The lowest BCUT2D eigenvalue weighted by molar-refractivity contribution is -0.120. The van der Waals surface area contributed by atoms with Gasteiger partial charge in [0.25, 0.3) is 0 Å². The second kappa shape index (κ2) is 4.28. The average Bonchev–Trinajstić information content (AvgIpc) is 2.17. The molecule has 1 saturated heterocycles. The third kappa shape index (κ3) is 1.91. The summed E-state index contributed by atoms with van der Waals surface area (Å²) < 4.78 is 0. The first-order chi connectivity index (χ1) is 6.83. The first kappa shape index (κ1) is 9.93. The number of rotatable bonds is 3. The van der Waals surface area contributed by atoms with E-state index < -0.39 is 0 Å². The number of carbonyl (C=O) groups is 1. The minimum absolute atomic E-state index is 0.726. The van der Waals surface area contributed by atoms with E-state index in [1.807, 2.05) is 11.9 Å². The summed E-state index contributed by atoms with van der Waals surface area (Å²) in [5.74, 6) is 0. The van der Waals surface area contributed by atoms with E-state index in [1.165, 1.54) is 12.8 Å². The van der Waals surface area contributed by atoms with Crippen LogP contribution in [0.25, 0.3) is 0 Å². The summed E-state index contributed by atoms with van der Waals surface area (Å²) in [6.45, 7) is 3.92. The van der Waals surface area contributed by atoms with E-state index in [1.54, 1.807) is 0 Å². The molecule has 1 aliphatic carbocycles. The third-order valence-corrected chi connectivity index (χ3v) is 3.54. The summed E-state index contributed by atoms with van der Waals surface area (Å²) >= 11 is 0. The number of hydrogen-bond acceptors (Lipinski definition) is 3. The zero-order valence-electron chi connectivity index (χ0n) is 8.78. The van der Waals surface area contributed by atoms with Crippen molar-refractivity contribution in [1.82, 2.24) is 15.1 Å². The van der Waals surface area contributed by atoms with Crippen LogP contribution in [0.15, 0.2) is 0 Å². The fourth-order valence-corrected chi connectivity index (χ4v) is 2.33. The van der Waals surface area contributed by atoms with Gasteiger partial charge in [0.15, 0.2) is 0 Å². The maximum absolute atomic E-state index is 10.5. The van der Waals surface area contributed by atoms with Gasteiger partial charge >= 0.3 is 0 Å². The lowest BCUT2D eigenvalue weighted by Crippen LogP contribution is -2.57. The second-order valence-electron chi connectivity index (χ2n) is 4.29. The number of hydrogen-bond donors (Lipinski definition) is 1. The standard InChI is InChI=1S/C10H19N3O/c1-11-9-6-10(7-9)13-4-2-12(8-14)3-5-13/h8-11H,2-7H2,1H3. The van der Waals surface area contributed by atoms with Crippen molar-refractivity contribution in [2.45, 2.75) is 24.9 Å². The van der Waals surface area contributed by atoms with Gasteiger partial charge in [0, 0.05) is 38.3 Å². The largest absolute Gasteiger partial charge is 0.343 e. The molecule has 1 heterocycles. The van der Waals surface area contributed by atoms with Crippen molar-refractivity contribution in [1.29, 1.82) is 0 Å². The lowest BCUT2D eigenvalue weighted by atomic mass is 9.85. The van der Waals surface area contributed by atoms with Crippen molar-refractivity contribution in [3.05, 3.63) is 0 Å². The van der Waals surface area contributed by atoms with Crippen LogP contribution in [0.5, 0.6) is 0 Å². The third-order valence-electron chi connectivity index (χ3n) is 3.54. The summed E-state index contributed by atoms with van der Waals surface area (Å²) in [5, 5.41) is 3.30. The zero-order chi connectivity index (χ0) is 9.97. The molecule has 80 valence electrons. The molecule has 2 rings (SSSR count). The molecule has 1 N–H and O–H groups in total. The van der Waals surface area contributed by atoms with Crippen molar-refractivity contribution in [3.8, 4) is 0 Å². The minimum Gasteiger partial charge on any atom is -0.343 e. The van der Waals surface area contributed by atoms with Gasteiger partial charge in [-0.2, -0.15) is 0 Å². The highest BCUT2D eigenvalue weighted by atomic mass is 16.1. The van der Waals surface area contributed by atoms with Crippen molar-refractivity contribution in [3.63, 3.8) is 0 Å². The highest BCUT2D eigenvalue weighted by molar-refractivity contribution is 5.47. The molecule has 4 heteroatoms. The molecule has 14 heavy (non-hydrogen) atoms. The maximum Gasteiger partial charge on any atom is 0.209 e. The maximum atomic E-state index is 10.5. The predicted octanol–water partition coefficient (Wildman–Crippen LogP) is -0.489. The van der Waals surface area contributed by atoms with Gasteiger partial charge in [0.2, 0.25) is 6.41 Å². The summed E-state index contributed by atoms with van der Waals surface area (Å²) in [6.07, 6.45) is 3.52. The normalized spacial score (nSPS) is 33.9. The molecule has 4 nitrogen and oxygen atoms in total. The van der Waals surface area contributed by atoms with Gasteiger partial charge < -0.3 is 10.2 Å². The van der Waals surface area contributed by atoms with Crippen LogP contribution in [0.4, 0.5) is 0 Å². The van der Waals surface area contributed by atoms with E-state index in [-0.39, 0.29) is 0 Å². The first-order valence-corrected chi connectivity index (χ1v) is 5.44. The predicted molar refractivity (Wildman–Crippen MR) is 55.1 cm³/mol. The quantitative estimate of drug-likeness (QED) is 0.620. The Morgan fingerprint density at radius 2 is 1.86 bits per heavy atom. The molecular formula is C10H19N3O. The summed E-state index contributed by atoms with van der Waals surface area (Å²) in [6, 6.07) is 1.49. The van der Waals surface area contributed by atoms with E-state index in [0.717, 1.165) is 44.7 Å². The number of nitrogens with zero attached hydrogens (tertiary/aromatic N) is 2. The number of piperazine rings is 1. The Kier molecular flexibility index (Phi) is 3.03. The highest BCUT2D eigenvalue weighted by Crippen LogP contribution is 2.25. The summed E-state index contributed by atoms with van der Waals surface area (Å²) in [4.78, 5) is 14.9. The van der Waals surface area contributed by atoms with Crippen molar-refractivity contribution in [2.24, 2.45) is 0 Å². The van der Waals surface area contributed by atoms with Crippen LogP contribution in [0, 0.1) is 0 Å². The average molecular weight is 197 g/mol. The van der Waals surface area contributed by atoms with Crippen LogP contribution in [0.2, 0.25) is 0 Å². The van der Waals surface area contributed by atoms with Crippen LogP contribution in [-0.4, -0.2) is 61.5 Å². The van der Waals surface area contributed by atoms with Crippen molar-refractivity contribution < 1.29 is 4.79 Å². The summed E-state index contributed by atoms with van der Waals surface area (Å²) in [7, 11) is 2.03. The molecular weight excluding hydrogens is 178 g/mol. The monoisotopic (exact) mass is 197 g/mol. The Hall–Kier alpha value is -0.610. The number of carbonyl (C=O) groups excluding carboxylic acids is 1. The first-order valence-electron chi connectivity index (χ1n) is 5.44. The molecule has 0 aromatic heterocycles. The molecule has 0 unspecified atom stereocenters. The zero-order valence-corrected chi connectivity index (χ0v) is 8.78. The molecule has 0 radical (unpaired) electrons. The second-order valence-corrected chi connectivity index (χ2v) is 4.29. The van der Waals surface area contributed by atoms with E-state index >= 15 is 0 Å². The SMILES string of the molecule is CNC1CC(N2CCN(C=O)CC2)C1. The van der Waals surface area contributed by atoms with Gasteiger partial charge in [-0.05, 0) is 19.9 Å². The molecule has 1 saturated carbocycles. The van der Waals surface area contributed by atoms with E-state index in [2.05, 4.69) is 10.2 Å². The van der Waals surface area contributed by atoms with Crippen LogP contribution < -0.4 is 5.32 Å².